The number of fused-ring (bicyclic) bond motifs is 1. The van der Waals surface area contributed by atoms with Crippen molar-refractivity contribution in [2.75, 3.05) is 67.2 Å². The molecule has 4 heterocycles. The fraction of sp³-hybridized carbons (Fsp3) is 0.611. The van der Waals surface area contributed by atoms with Crippen LogP contribution in [0.15, 0.2) is 12.3 Å². The van der Waals surface area contributed by atoms with E-state index in [1.807, 2.05) is 23.6 Å². The topological polar surface area (TPSA) is 57.6 Å². The van der Waals surface area contributed by atoms with Crippen molar-refractivity contribution in [1.82, 2.24) is 15.0 Å². The number of morpholine rings is 1. The molecule has 2 saturated heterocycles. The number of anilines is 3. The highest BCUT2D eigenvalue weighted by Gasteiger charge is 2.24. The molecule has 3 aliphatic rings. The molecule has 0 unspecified atom stereocenters. The zero-order chi connectivity index (χ0) is 17.3. The summed E-state index contributed by atoms with van der Waals surface area (Å²) in [5.74, 6) is 1.85. The van der Waals surface area contributed by atoms with Crippen LogP contribution in [0.25, 0.3) is 0 Å². The highest BCUT2D eigenvalue weighted by Crippen LogP contribution is 2.33. The molecule has 0 radical (unpaired) electrons. The molecule has 0 saturated carbocycles. The Balaban J connectivity index is 1.25. The van der Waals surface area contributed by atoms with E-state index in [0.29, 0.717) is 0 Å². The van der Waals surface area contributed by atoms with E-state index in [4.69, 9.17) is 14.7 Å². The maximum Gasteiger partial charge on any atom is 0.227 e. The third kappa shape index (κ3) is 3.12. The van der Waals surface area contributed by atoms with Gasteiger partial charge in [0, 0.05) is 50.3 Å². The average Bonchev–Trinajstić information content (AvgIpc) is 3.31. The molecule has 2 aliphatic heterocycles. The van der Waals surface area contributed by atoms with E-state index in [1.165, 1.54) is 28.5 Å². The summed E-state index contributed by atoms with van der Waals surface area (Å²) in [4.78, 5) is 22.7. The van der Waals surface area contributed by atoms with Gasteiger partial charge in [0.15, 0.2) is 5.13 Å². The molecule has 5 rings (SSSR count). The van der Waals surface area contributed by atoms with Gasteiger partial charge in [-0.2, -0.15) is 4.98 Å². The molecule has 2 aromatic heterocycles. The first kappa shape index (κ1) is 16.3. The number of nitrogens with zero attached hydrogens (tertiary/aromatic N) is 6. The molecule has 7 nitrogen and oxygen atoms in total. The molecule has 0 aromatic carbocycles. The Kier molecular flexibility index (Phi) is 4.38. The van der Waals surface area contributed by atoms with Crippen molar-refractivity contribution in [3.05, 3.63) is 22.8 Å². The molecule has 0 atom stereocenters. The van der Waals surface area contributed by atoms with Gasteiger partial charge >= 0.3 is 0 Å². The second kappa shape index (κ2) is 7.00. The summed E-state index contributed by atoms with van der Waals surface area (Å²) >= 11 is 1.90. The zero-order valence-corrected chi connectivity index (χ0v) is 15.7. The first-order valence-corrected chi connectivity index (χ1v) is 10.3. The van der Waals surface area contributed by atoms with Gasteiger partial charge in [0.05, 0.1) is 18.9 Å². The Morgan fingerprint density at radius 2 is 1.69 bits per heavy atom. The van der Waals surface area contributed by atoms with E-state index in [1.54, 1.807) is 0 Å². The van der Waals surface area contributed by atoms with Gasteiger partial charge in [-0.25, -0.2) is 9.97 Å². The van der Waals surface area contributed by atoms with E-state index >= 15 is 0 Å². The van der Waals surface area contributed by atoms with Crippen molar-refractivity contribution in [3.8, 4) is 0 Å². The monoisotopic (exact) mass is 372 g/mol. The molecule has 26 heavy (non-hydrogen) atoms. The SMILES string of the molecule is c1cc(N2CCN(c3nc4c(s3)CCC4)CC2)nc(N2CCOCC2)n1. The van der Waals surface area contributed by atoms with Crippen LogP contribution in [-0.2, 0) is 17.6 Å². The van der Waals surface area contributed by atoms with Gasteiger partial charge in [-0.3, -0.25) is 0 Å². The molecule has 2 aromatic rings. The third-order valence-electron chi connectivity index (χ3n) is 5.38. The van der Waals surface area contributed by atoms with Crippen LogP contribution in [-0.4, -0.2) is 67.4 Å². The molecule has 0 bridgehead atoms. The minimum atomic E-state index is 0.754. The minimum Gasteiger partial charge on any atom is -0.378 e. The number of hydrogen-bond donors (Lipinski definition) is 0. The normalized spacial score (nSPS) is 20.5. The molecule has 2 fully saturated rings. The van der Waals surface area contributed by atoms with Crippen molar-refractivity contribution in [2.45, 2.75) is 19.3 Å². The van der Waals surface area contributed by atoms with Crippen LogP contribution in [0.3, 0.4) is 0 Å². The lowest BCUT2D eigenvalue weighted by atomic mass is 10.3. The van der Waals surface area contributed by atoms with Gasteiger partial charge in [0.2, 0.25) is 5.95 Å². The van der Waals surface area contributed by atoms with Crippen LogP contribution < -0.4 is 14.7 Å². The first-order valence-electron chi connectivity index (χ1n) is 9.51. The van der Waals surface area contributed by atoms with Gasteiger partial charge in [-0.1, -0.05) is 0 Å². The van der Waals surface area contributed by atoms with Crippen molar-refractivity contribution in [3.63, 3.8) is 0 Å². The second-order valence-electron chi connectivity index (χ2n) is 7.01. The average molecular weight is 372 g/mol. The maximum absolute atomic E-state index is 5.43. The Labute approximate surface area is 157 Å². The summed E-state index contributed by atoms with van der Waals surface area (Å²) < 4.78 is 5.43. The molecule has 8 heteroatoms. The first-order chi connectivity index (χ1) is 12.9. The van der Waals surface area contributed by atoms with Crippen molar-refractivity contribution in [2.24, 2.45) is 0 Å². The van der Waals surface area contributed by atoms with Gasteiger partial charge < -0.3 is 19.4 Å². The number of piperazine rings is 1. The summed E-state index contributed by atoms with van der Waals surface area (Å²) in [6, 6.07) is 2.03. The van der Waals surface area contributed by atoms with Crippen LogP contribution in [0.1, 0.15) is 17.0 Å². The number of ether oxygens (including phenoxy) is 1. The van der Waals surface area contributed by atoms with Crippen LogP contribution >= 0.6 is 11.3 Å². The van der Waals surface area contributed by atoms with Gasteiger partial charge in [-0.05, 0) is 25.3 Å². The number of rotatable bonds is 3. The Morgan fingerprint density at radius 3 is 2.50 bits per heavy atom. The van der Waals surface area contributed by atoms with Crippen molar-refractivity contribution in [1.29, 1.82) is 0 Å². The van der Waals surface area contributed by atoms with Gasteiger partial charge in [0.25, 0.3) is 0 Å². The smallest absolute Gasteiger partial charge is 0.227 e. The number of hydrogen-bond acceptors (Lipinski definition) is 8. The van der Waals surface area contributed by atoms with Crippen LogP contribution in [0.4, 0.5) is 16.9 Å². The summed E-state index contributed by atoms with van der Waals surface area (Å²) in [7, 11) is 0. The minimum absolute atomic E-state index is 0.754. The highest BCUT2D eigenvalue weighted by molar-refractivity contribution is 7.15. The Bertz CT molecular complexity index is 745. The number of aryl methyl sites for hydroxylation is 2. The summed E-state index contributed by atoms with van der Waals surface area (Å²) in [5, 5.41) is 1.21. The molecule has 1 aliphatic carbocycles. The Hall–Kier alpha value is -1.93. The number of thiazole rings is 1. The van der Waals surface area contributed by atoms with Crippen molar-refractivity contribution < 1.29 is 4.74 Å². The molecule has 0 N–H and O–H groups in total. The largest absolute Gasteiger partial charge is 0.378 e. The maximum atomic E-state index is 5.43. The zero-order valence-electron chi connectivity index (χ0n) is 14.9. The quantitative estimate of drug-likeness (QED) is 0.811. The van der Waals surface area contributed by atoms with Gasteiger partial charge in [-0.15, -0.1) is 11.3 Å². The predicted molar refractivity (Wildman–Crippen MR) is 104 cm³/mol. The summed E-state index contributed by atoms with van der Waals surface area (Å²) in [6.07, 6.45) is 5.54. The van der Waals surface area contributed by atoms with E-state index in [9.17, 15) is 0 Å². The fourth-order valence-corrected chi connectivity index (χ4v) is 5.07. The van der Waals surface area contributed by atoms with Crippen molar-refractivity contribution >= 4 is 28.2 Å². The highest BCUT2D eigenvalue weighted by atomic mass is 32.1. The molecular weight excluding hydrogens is 348 g/mol. The second-order valence-corrected chi connectivity index (χ2v) is 8.07. The molecule has 0 spiro atoms. The standard InChI is InChI=1S/C18H24N6OS/c1-2-14-15(3-1)26-18(20-14)24-8-6-22(7-9-24)16-4-5-19-17(21-16)23-10-12-25-13-11-23/h4-5H,1-3,6-13H2. The van der Waals surface area contributed by atoms with E-state index in [0.717, 1.165) is 70.7 Å². The summed E-state index contributed by atoms with van der Waals surface area (Å²) in [6.45, 7) is 7.20. The molecular formula is C18H24N6OS. The number of aromatic nitrogens is 3. The summed E-state index contributed by atoms with van der Waals surface area (Å²) in [5.41, 5.74) is 1.35. The predicted octanol–water partition coefficient (Wildman–Crippen LogP) is 1.58. The molecule has 138 valence electrons. The van der Waals surface area contributed by atoms with Crippen LogP contribution in [0.5, 0.6) is 0 Å². The van der Waals surface area contributed by atoms with E-state index in [2.05, 4.69) is 19.7 Å². The lowest BCUT2D eigenvalue weighted by molar-refractivity contribution is 0.122. The molecule has 0 amide bonds. The van der Waals surface area contributed by atoms with Crippen LogP contribution in [0.2, 0.25) is 0 Å². The Morgan fingerprint density at radius 1 is 0.885 bits per heavy atom. The van der Waals surface area contributed by atoms with Crippen LogP contribution in [0, 0.1) is 0 Å². The van der Waals surface area contributed by atoms with Gasteiger partial charge in [0.1, 0.15) is 5.82 Å². The van der Waals surface area contributed by atoms with E-state index < -0.39 is 0 Å². The fourth-order valence-electron chi connectivity index (χ4n) is 3.87. The van der Waals surface area contributed by atoms with E-state index in [-0.39, 0.29) is 0 Å². The lowest BCUT2D eigenvalue weighted by Crippen LogP contribution is -2.47. The lowest BCUT2D eigenvalue weighted by Gasteiger charge is -2.35. The third-order valence-corrected chi connectivity index (χ3v) is 6.60.